The van der Waals surface area contributed by atoms with Gasteiger partial charge in [-0.25, -0.2) is 8.42 Å². The standard InChI is InChI=1S/C24H26N2O3S/c1-16-10-11-20(14-17(16)2)19(4)25-24(27)21-12-13-23(18(3)15-21)26-30(28,29)22-8-6-5-7-9-22/h5-15,19,26H,1-4H3,(H,25,27)/t19-/m0/s1. The van der Waals surface area contributed by atoms with Crippen LogP contribution in [0.2, 0.25) is 0 Å². The number of amides is 1. The lowest BCUT2D eigenvalue weighted by atomic mass is 10.0. The maximum absolute atomic E-state index is 12.7. The Morgan fingerprint density at radius 3 is 2.17 bits per heavy atom. The summed E-state index contributed by atoms with van der Waals surface area (Å²) in [4.78, 5) is 12.9. The molecule has 0 unspecified atom stereocenters. The number of hydrogen-bond donors (Lipinski definition) is 2. The summed E-state index contributed by atoms with van der Waals surface area (Å²) in [5.74, 6) is -0.207. The zero-order chi connectivity index (χ0) is 21.9. The van der Waals surface area contributed by atoms with Gasteiger partial charge in [-0.2, -0.15) is 0 Å². The SMILES string of the molecule is Cc1ccc([C@H](C)NC(=O)c2ccc(NS(=O)(=O)c3ccccc3)c(C)c2)cc1C. The molecule has 0 saturated carbocycles. The molecule has 1 atom stereocenters. The molecule has 0 fully saturated rings. The predicted molar refractivity (Wildman–Crippen MR) is 120 cm³/mol. The number of carbonyl (C=O) groups excluding carboxylic acids is 1. The first-order valence-electron chi connectivity index (χ1n) is 9.74. The van der Waals surface area contributed by atoms with Gasteiger partial charge in [-0.05, 0) is 80.3 Å². The molecule has 2 N–H and O–H groups in total. The summed E-state index contributed by atoms with van der Waals surface area (Å²) in [7, 11) is -3.68. The molecule has 0 aliphatic heterocycles. The van der Waals surface area contributed by atoms with Gasteiger partial charge in [0.1, 0.15) is 0 Å². The highest BCUT2D eigenvalue weighted by Gasteiger charge is 2.17. The minimum atomic E-state index is -3.68. The van der Waals surface area contributed by atoms with Gasteiger partial charge in [-0.15, -0.1) is 0 Å². The minimum Gasteiger partial charge on any atom is -0.346 e. The Morgan fingerprint density at radius 1 is 0.833 bits per heavy atom. The second-order valence-electron chi connectivity index (χ2n) is 7.49. The van der Waals surface area contributed by atoms with Gasteiger partial charge < -0.3 is 5.32 Å². The number of aryl methyl sites for hydroxylation is 3. The topological polar surface area (TPSA) is 75.3 Å². The summed E-state index contributed by atoms with van der Waals surface area (Å²) in [5.41, 5.74) is 5.01. The Hall–Kier alpha value is -3.12. The Morgan fingerprint density at radius 2 is 1.53 bits per heavy atom. The third kappa shape index (κ3) is 4.89. The average molecular weight is 423 g/mol. The molecule has 3 aromatic carbocycles. The van der Waals surface area contributed by atoms with Crippen LogP contribution in [0.5, 0.6) is 0 Å². The molecule has 6 heteroatoms. The number of hydrogen-bond acceptors (Lipinski definition) is 3. The van der Waals surface area contributed by atoms with E-state index >= 15 is 0 Å². The van der Waals surface area contributed by atoms with Crippen molar-refractivity contribution in [2.75, 3.05) is 4.72 Å². The maximum Gasteiger partial charge on any atom is 0.261 e. The first-order chi connectivity index (χ1) is 14.2. The van der Waals surface area contributed by atoms with Crippen LogP contribution in [0.15, 0.2) is 71.6 Å². The van der Waals surface area contributed by atoms with Crippen LogP contribution in [0.4, 0.5) is 5.69 Å². The third-order valence-corrected chi connectivity index (χ3v) is 6.55. The van der Waals surface area contributed by atoms with E-state index < -0.39 is 10.0 Å². The fourth-order valence-corrected chi connectivity index (χ4v) is 4.27. The van der Waals surface area contributed by atoms with E-state index in [9.17, 15) is 13.2 Å². The summed E-state index contributed by atoms with van der Waals surface area (Å²) in [6.07, 6.45) is 0. The number of nitrogens with one attached hydrogen (secondary N) is 2. The molecule has 0 aliphatic rings. The van der Waals surface area contributed by atoms with Crippen molar-refractivity contribution in [1.29, 1.82) is 0 Å². The van der Waals surface area contributed by atoms with Gasteiger partial charge in [0, 0.05) is 5.56 Å². The van der Waals surface area contributed by atoms with E-state index in [2.05, 4.69) is 23.0 Å². The quantitative estimate of drug-likeness (QED) is 0.593. The van der Waals surface area contributed by atoms with E-state index in [-0.39, 0.29) is 16.8 Å². The molecule has 0 aliphatic carbocycles. The van der Waals surface area contributed by atoms with Crippen LogP contribution in [-0.2, 0) is 10.0 Å². The first-order valence-corrected chi connectivity index (χ1v) is 11.2. The monoisotopic (exact) mass is 422 g/mol. The molecule has 5 nitrogen and oxygen atoms in total. The molecule has 0 spiro atoms. The smallest absolute Gasteiger partial charge is 0.261 e. The highest BCUT2D eigenvalue weighted by atomic mass is 32.2. The normalized spacial score (nSPS) is 12.3. The average Bonchev–Trinajstić information content (AvgIpc) is 2.72. The van der Waals surface area contributed by atoms with Crippen molar-refractivity contribution in [3.63, 3.8) is 0 Å². The number of rotatable bonds is 6. The Bertz CT molecular complexity index is 1170. The molecule has 1 amide bonds. The zero-order valence-electron chi connectivity index (χ0n) is 17.6. The van der Waals surface area contributed by atoms with Crippen molar-refractivity contribution < 1.29 is 13.2 Å². The predicted octanol–water partition coefficient (Wildman–Crippen LogP) is 4.90. The lowest BCUT2D eigenvalue weighted by Crippen LogP contribution is -2.26. The Kier molecular flexibility index (Phi) is 6.27. The van der Waals surface area contributed by atoms with E-state index in [0.29, 0.717) is 16.8 Å². The fourth-order valence-electron chi connectivity index (χ4n) is 3.12. The molecular weight excluding hydrogens is 396 g/mol. The molecule has 0 radical (unpaired) electrons. The largest absolute Gasteiger partial charge is 0.346 e. The number of benzene rings is 3. The van der Waals surface area contributed by atoms with Gasteiger partial charge in [0.25, 0.3) is 15.9 Å². The van der Waals surface area contributed by atoms with Crippen molar-refractivity contribution in [1.82, 2.24) is 5.32 Å². The molecule has 0 aromatic heterocycles. The van der Waals surface area contributed by atoms with Gasteiger partial charge >= 0.3 is 0 Å². The lowest BCUT2D eigenvalue weighted by molar-refractivity contribution is 0.0940. The van der Waals surface area contributed by atoms with Gasteiger partial charge in [-0.1, -0.05) is 36.4 Å². The Labute approximate surface area is 178 Å². The summed E-state index contributed by atoms with van der Waals surface area (Å²) in [5, 5.41) is 3.00. The van der Waals surface area contributed by atoms with Crippen LogP contribution in [0.25, 0.3) is 0 Å². The minimum absolute atomic E-state index is 0.145. The molecule has 0 saturated heterocycles. The van der Waals surface area contributed by atoms with Crippen molar-refractivity contribution >= 4 is 21.6 Å². The molecule has 3 aromatic rings. The van der Waals surface area contributed by atoms with Crippen molar-refractivity contribution in [2.24, 2.45) is 0 Å². The van der Waals surface area contributed by atoms with Gasteiger partial charge in [-0.3, -0.25) is 9.52 Å². The van der Waals surface area contributed by atoms with E-state index in [4.69, 9.17) is 0 Å². The molecule has 156 valence electrons. The van der Waals surface area contributed by atoms with E-state index in [1.807, 2.05) is 26.0 Å². The highest BCUT2D eigenvalue weighted by molar-refractivity contribution is 7.92. The first kappa shape index (κ1) is 21.6. The number of carbonyl (C=O) groups is 1. The van der Waals surface area contributed by atoms with Crippen LogP contribution in [0.1, 0.15) is 45.6 Å². The highest BCUT2D eigenvalue weighted by Crippen LogP contribution is 2.22. The fraction of sp³-hybridized carbons (Fsp3) is 0.208. The van der Waals surface area contributed by atoms with Crippen molar-refractivity contribution in [2.45, 2.75) is 38.6 Å². The van der Waals surface area contributed by atoms with Gasteiger partial charge in [0.05, 0.1) is 16.6 Å². The number of anilines is 1. The number of sulfonamides is 1. The van der Waals surface area contributed by atoms with Crippen LogP contribution in [0.3, 0.4) is 0 Å². The van der Waals surface area contributed by atoms with Crippen molar-refractivity contribution in [3.05, 3.63) is 94.5 Å². The molecular formula is C24H26N2O3S. The summed E-state index contributed by atoms with van der Waals surface area (Å²) < 4.78 is 27.7. The van der Waals surface area contributed by atoms with Crippen LogP contribution < -0.4 is 10.0 Å². The molecule has 0 bridgehead atoms. The van der Waals surface area contributed by atoms with Crippen LogP contribution in [-0.4, -0.2) is 14.3 Å². The molecule has 3 rings (SSSR count). The third-order valence-electron chi connectivity index (χ3n) is 5.16. The summed E-state index contributed by atoms with van der Waals surface area (Å²) in [6, 6.07) is 19.1. The van der Waals surface area contributed by atoms with Crippen LogP contribution in [0, 0.1) is 20.8 Å². The molecule has 0 heterocycles. The summed E-state index contributed by atoms with van der Waals surface area (Å²) in [6.45, 7) is 7.81. The summed E-state index contributed by atoms with van der Waals surface area (Å²) >= 11 is 0. The van der Waals surface area contributed by atoms with Crippen molar-refractivity contribution in [3.8, 4) is 0 Å². The zero-order valence-corrected chi connectivity index (χ0v) is 18.4. The maximum atomic E-state index is 12.7. The van der Waals surface area contributed by atoms with Gasteiger partial charge in [0.2, 0.25) is 0 Å². The molecule has 30 heavy (non-hydrogen) atoms. The van der Waals surface area contributed by atoms with E-state index in [1.165, 1.54) is 23.3 Å². The second-order valence-corrected chi connectivity index (χ2v) is 9.17. The Balaban J connectivity index is 1.74. The second kappa shape index (κ2) is 8.71. The van der Waals surface area contributed by atoms with E-state index in [0.717, 1.165) is 5.56 Å². The van der Waals surface area contributed by atoms with Crippen LogP contribution >= 0.6 is 0 Å². The van der Waals surface area contributed by atoms with Gasteiger partial charge in [0.15, 0.2) is 0 Å². The lowest BCUT2D eigenvalue weighted by Gasteiger charge is -2.17. The van der Waals surface area contributed by atoms with E-state index in [1.54, 1.807) is 43.3 Å².